The maximum atomic E-state index is 12.5. The lowest BCUT2D eigenvalue weighted by Crippen LogP contribution is -2.50. The molecule has 164 valence electrons. The molecule has 0 aromatic heterocycles. The first-order valence-corrected chi connectivity index (χ1v) is 11.3. The molecule has 0 saturated carbocycles. The van der Waals surface area contributed by atoms with Crippen LogP contribution in [0.3, 0.4) is 0 Å². The fourth-order valence-electron chi connectivity index (χ4n) is 4.85. The lowest BCUT2D eigenvalue weighted by atomic mass is 10.0. The number of nitrogens with zero attached hydrogens (tertiary/aromatic N) is 3. The van der Waals surface area contributed by atoms with Crippen molar-refractivity contribution in [3.63, 3.8) is 0 Å². The number of hydrogen-bond acceptors (Lipinski definition) is 7. The van der Waals surface area contributed by atoms with Crippen LogP contribution in [0.15, 0.2) is 0 Å². The molecule has 0 radical (unpaired) electrons. The maximum Gasteiger partial charge on any atom is 0.346 e. The Balaban J connectivity index is 1.19. The predicted molar refractivity (Wildman–Crippen MR) is 102 cm³/mol. The molecule has 0 spiro atoms. The van der Waals surface area contributed by atoms with Gasteiger partial charge in [0, 0.05) is 19.1 Å². The van der Waals surface area contributed by atoms with Crippen LogP contribution in [0.25, 0.3) is 0 Å². The third-order valence-corrected chi connectivity index (χ3v) is 6.54. The van der Waals surface area contributed by atoms with Crippen LogP contribution in [-0.4, -0.2) is 93.0 Å². The molecule has 4 aliphatic heterocycles. The highest BCUT2D eigenvalue weighted by Gasteiger charge is 2.48. The fourth-order valence-corrected chi connectivity index (χ4v) is 5.17. The molecule has 3 amide bonds. The average Bonchev–Trinajstić information content (AvgIpc) is 3.41. The first-order chi connectivity index (χ1) is 14.0. The molecule has 29 heavy (non-hydrogen) atoms. The van der Waals surface area contributed by atoms with Gasteiger partial charge < -0.3 is 15.1 Å². The summed E-state index contributed by atoms with van der Waals surface area (Å²) in [6, 6.07) is -1.36. The van der Waals surface area contributed by atoms with Gasteiger partial charge in [0.05, 0.1) is 12.6 Å². The molecular weight excluding hydrogens is 402 g/mol. The second-order valence-corrected chi connectivity index (χ2v) is 8.87. The molecule has 11 nitrogen and oxygen atoms in total. The predicted octanol–water partition coefficient (Wildman–Crippen LogP) is -0.555. The highest BCUT2D eigenvalue weighted by Crippen LogP contribution is 2.30. The summed E-state index contributed by atoms with van der Waals surface area (Å²) < 4.78 is 24.4. The van der Waals surface area contributed by atoms with Gasteiger partial charge in [-0.25, -0.2) is 10.3 Å². The van der Waals surface area contributed by atoms with Gasteiger partial charge in [0.2, 0.25) is 0 Å². The zero-order valence-electron chi connectivity index (χ0n) is 16.3. The number of amides is 3. The van der Waals surface area contributed by atoms with Gasteiger partial charge in [0.15, 0.2) is 0 Å². The first-order valence-electron chi connectivity index (χ1n) is 10.3. The summed E-state index contributed by atoms with van der Waals surface area (Å²) in [5.41, 5.74) is 2.47. The molecule has 0 aliphatic carbocycles. The lowest BCUT2D eigenvalue weighted by molar-refractivity contribution is -0.139. The minimum Gasteiger partial charge on any atom is -0.311 e. The number of hydroxylamine groups is 3. The van der Waals surface area contributed by atoms with Gasteiger partial charge in [-0.1, -0.05) is 0 Å². The van der Waals surface area contributed by atoms with Gasteiger partial charge in [0.25, 0.3) is 5.91 Å². The Hall–Kier alpha value is -1.31. The molecule has 3 unspecified atom stereocenters. The Morgan fingerprint density at radius 3 is 2.86 bits per heavy atom. The number of piperidine rings is 1. The molecule has 2 bridgehead atoms. The summed E-state index contributed by atoms with van der Waals surface area (Å²) in [6.45, 7) is 5.14. The molecule has 5 atom stereocenters. The minimum atomic E-state index is -2.58. The molecule has 4 rings (SSSR count). The van der Waals surface area contributed by atoms with Crippen LogP contribution in [0.1, 0.15) is 32.1 Å². The van der Waals surface area contributed by atoms with E-state index < -0.39 is 23.4 Å². The Kier molecular flexibility index (Phi) is 6.66. The standard InChI is InChI=1S/C17H29N5O6S/c23-16(15-4-3-14-10-21(15)17(24)22(14)28-29(25)26)19-27-11-13-7-12(8-18-13)9-20-5-1-2-6-20/h12-15,18H,1-11H2,(H,19,23)(H,25,26)/t12-,13-,14?,15?/m0/s1. The van der Waals surface area contributed by atoms with Crippen molar-refractivity contribution < 1.29 is 27.5 Å². The van der Waals surface area contributed by atoms with Crippen molar-refractivity contribution in [3.05, 3.63) is 0 Å². The van der Waals surface area contributed by atoms with Crippen molar-refractivity contribution in [1.82, 2.24) is 25.7 Å². The number of carbonyl (C=O) groups excluding carboxylic acids is 2. The van der Waals surface area contributed by atoms with Gasteiger partial charge in [-0.05, 0) is 57.7 Å². The fraction of sp³-hybridized carbons (Fsp3) is 0.882. The van der Waals surface area contributed by atoms with Crippen molar-refractivity contribution in [2.45, 2.75) is 50.2 Å². The smallest absolute Gasteiger partial charge is 0.311 e. The van der Waals surface area contributed by atoms with E-state index in [2.05, 4.69) is 20.0 Å². The van der Waals surface area contributed by atoms with Crippen molar-refractivity contribution >= 4 is 23.3 Å². The normalized spacial score (nSPS) is 33.5. The SMILES string of the molecule is O=C(NOC[C@@H]1C[C@H](CN2CCCC2)CN1)C1CCC2CN1C(=O)N2OS(=O)O. The molecule has 4 fully saturated rings. The van der Waals surface area contributed by atoms with E-state index in [4.69, 9.17) is 9.39 Å². The Morgan fingerprint density at radius 1 is 1.31 bits per heavy atom. The van der Waals surface area contributed by atoms with E-state index in [1.807, 2.05) is 0 Å². The largest absolute Gasteiger partial charge is 0.346 e. The molecule has 0 aromatic rings. The average molecular weight is 432 g/mol. The van der Waals surface area contributed by atoms with Gasteiger partial charge in [-0.15, -0.1) is 4.28 Å². The quantitative estimate of drug-likeness (QED) is 0.345. The van der Waals surface area contributed by atoms with E-state index >= 15 is 0 Å². The van der Waals surface area contributed by atoms with E-state index in [0.29, 0.717) is 25.4 Å². The Bertz CT molecular complexity index is 648. The number of carbonyl (C=O) groups is 2. The van der Waals surface area contributed by atoms with Gasteiger partial charge in [0.1, 0.15) is 6.04 Å². The molecule has 3 N–H and O–H groups in total. The molecule has 4 heterocycles. The zero-order chi connectivity index (χ0) is 20.4. The second kappa shape index (κ2) is 9.23. The number of likely N-dealkylation sites (tertiary alicyclic amines) is 1. The monoisotopic (exact) mass is 431 g/mol. The first kappa shape index (κ1) is 20.9. The highest BCUT2D eigenvalue weighted by molar-refractivity contribution is 7.74. The summed E-state index contributed by atoms with van der Waals surface area (Å²) in [4.78, 5) is 34.2. The summed E-state index contributed by atoms with van der Waals surface area (Å²) in [6.07, 6.45) is 4.57. The topological polar surface area (TPSA) is 124 Å². The Labute approximate surface area is 172 Å². The number of nitrogens with one attached hydrogen (secondary N) is 2. The number of fused-ring (bicyclic) bond motifs is 2. The van der Waals surface area contributed by atoms with Crippen molar-refractivity contribution in [2.24, 2.45) is 5.92 Å². The molecular formula is C17H29N5O6S. The zero-order valence-corrected chi connectivity index (χ0v) is 17.1. The highest BCUT2D eigenvalue weighted by atomic mass is 32.2. The van der Waals surface area contributed by atoms with E-state index in [1.165, 1.54) is 30.8 Å². The summed E-state index contributed by atoms with van der Waals surface area (Å²) in [5, 5.41) is 4.34. The third kappa shape index (κ3) is 4.89. The Morgan fingerprint density at radius 2 is 2.10 bits per heavy atom. The van der Waals surface area contributed by atoms with Crippen LogP contribution in [0, 0.1) is 5.92 Å². The molecule has 0 aromatic carbocycles. The van der Waals surface area contributed by atoms with Gasteiger partial charge in [-0.2, -0.15) is 9.27 Å². The van der Waals surface area contributed by atoms with E-state index in [1.54, 1.807) is 0 Å². The van der Waals surface area contributed by atoms with Crippen LogP contribution in [-0.2, 0) is 25.3 Å². The maximum absolute atomic E-state index is 12.5. The molecule has 12 heteroatoms. The van der Waals surface area contributed by atoms with Gasteiger partial charge in [-0.3, -0.25) is 14.2 Å². The van der Waals surface area contributed by atoms with E-state index in [9.17, 15) is 13.8 Å². The number of rotatable bonds is 8. The van der Waals surface area contributed by atoms with Gasteiger partial charge >= 0.3 is 17.4 Å². The van der Waals surface area contributed by atoms with Crippen LogP contribution < -0.4 is 10.8 Å². The van der Waals surface area contributed by atoms with Crippen LogP contribution in [0.2, 0.25) is 0 Å². The summed E-state index contributed by atoms with van der Waals surface area (Å²) >= 11 is -2.58. The minimum absolute atomic E-state index is 0.204. The van der Waals surface area contributed by atoms with Crippen LogP contribution in [0.5, 0.6) is 0 Å². The van der Waals surface area contributed by atoms with Crippen LogP contribution in [0.4, 0.5) is 4.79 Å². The number of urea groups is 1. The second-order valence-electron chi connectivity index (χ2n) is 8.29. The lowest BCUT2D eigenvalue weighted by Gasteiger charge is -2.29. The van der Waals surface area contributed by atoms with E-state index in [0.717, 1.165) is 24.6 Å². The van der Waals surface area contributed by atoms with Crippen LogP contribution >= 0.6 is 0 Å². The van der Waals surface area contributed by atoms with Crippen molar-refractivity contribution in [1.29, 1.82) is 0 Å². The summed E-state index contributed by atoms with van der Waals surface area (Å²) in [7, 11) is 0. The van der Waals surface area contributed by atoms with E-state index in [-0.39, 0.29) is 24.5 Å². The molecule has 4 aliphatic rings. The third-order valence-electron chi connectivity index (χ3n) is 6.25. The van der Waals surface area contributed by atoms with Crippen molar-refractivity contribution in [2.75, 3.05) is 39.3 Å². The summed E-state index contributed by atoms with van der Waals surface area (Å²) in [5.74, 6) is 0.230. The molecule has 4 saturated heterocycles. The van der Waals surface area contributed by atoms with Crippen molar-refractivity contribution in [3.8, 4) is 0 Å². The number of hydrogen-bond donors (Lipinski definition) is 3.